The molecule has 7 nitrogen and oxygen atoms in total. The third-order valence-electron chi connectivity index (χ3n) is 4.38. The fraction of sp³-hybridized carbons (Fsp3) is 0.105. The van der Waals surface area contributed by atoms with Crippen molar-refractivity contribution in [3.8, 4) is 16.9 Å². The Labute approximate surface area is 176 Å². The lowest BCUT2D eigenvalue weighted by Crippen LogP contribution is -2.22. The summed E-state index contributed by atoms with van der Waals surface area (Å²) in [4.78, 5) is 15.1. The van der Waals surface area contributed by atoms with Crippen molar-refractivity contribution in [3.05, 3.63) is 58.2 Å². The fourth-order valence-corrected chi connectivity index (χ4v) is 4.95. The number of phenolic OH excluding ortho intramolecular Hbond substituents is 1. The van der Waals surface area contributed by atoms with Crippen molar-refractivity contribution in [1.29, 1.82) is 0 Å². The molecule has 10 heteroatoms. The van der Waals surface area contributed by atoms with Crippen molar-refractivity contribution in [1.82, 2.24) is 4.98 Å². The molecule has 0 aliphatic carbocycles. The van der Waals surface area contributed by atoms with Crippen LogP contribution >= 0.6 is 23.7 Å². The first kappa shape index (κ1) is 21.1. The summed E-state index contributed by atoms with van der Waals surface area (Å²) >= 11 is 1.33. The second-order valence-corrected chi connectivity index (χ2v) is 9.05. The van der Waals surface area contributed by atoms with Crippen LogP contribution in [0, 0.1) is 0 Å². The van der Waals surface area contributed by atoms with Crippen LogP contribution in [0.2, 0.25) is 0 Å². The number of benzene rings is 2. The topological polar surface area (TPSA) is 125 Å². The number of rotatable bonds is 5. The highest BCUT2D eigenvalue weighted by Gasteiger charge is 2.16. The lowest BCUT2D eigenvalue weighted by atomic mass is 9.97. The zero-order valence-electron chi connectivity index (χ0n) is 15.0. The van der Waals surface area contributed by atoms with Gasteiger partial charge < -0.3 is 15.8 Å². The summed E-state index contributed by atoms with van der Waals surface area (Å²) in [5.41, 5.74) is 7.27. The van der Waals surface area contributed by atoms with Gasteiger partial charge >= 0.3 is 0 Å². The Morgan fingerprint density at radius 2 is 1.97 bits per heavy atom. The molecule has 29 heavy (non-hydrogen) atoms. The van der Waals surface area contributed by atoms with Crippen molar-refractivity contribution in [3.63, 3.8) is 0 Å². The summed E-state index contributed by atoms with van der Waals surface area (Å²) in [5.74, 6) is -0.151. The molecule has 0 saturated heterocycles. The van der Waals surface area contributed by atoms with Gasteiger partial charge in [-0.3, -0.25) is 9.52 Å². The maximum Gasteiger partial charge on any atom is 0.266 e. The van der Waals surface area contributed by atoms with Gasteiger partial charge in [-0.15, -0.1) is 23.7 Å². The molecule has 0 bridgehead atoms. The van der Waals surface area contributed by atoms with E-state index in [1.165, 1.54) is 17.4 Å². The van der Waals surface area contributed by atoms with E-state index in [9.17, 15) is 18.3 Å². The van der Waals surface area contributed by atoms with Crippen molar-refractivity contribution in [2.45, 2.75) is 0 Å². The van der Waals surface area contributed by atoms with Crippen LogP contribution in [0.5, 0.6) is 5.75 Å². The first-order chi connectivity index (χ1) is 13.4. The number of fused-ring (bicyclic) bond motifs is 3. The number of phenols is 1. The first-order valence-electron chi connectivity index (χ1n) is 8.46. The van der Waals surface area contributed by atoms with Crippen LogP contribution in [0.1, 0.15) is 0 Å². The molecule has 2 aromatic heterocycles. The average Bonchev–Trinajstić information content (AvgIpc) is 3.12. The number of hydrogen-bond acceptors (Lipinski definition) is 6. The Hall–Kier alpha value is -2.59. The highest BCUT2D eigenvalue weighted by molar-refractivity contribution is 7.92. The standard InChI is InChI=1S/C19H17N3O4S2.ClH/c20-7-9-28(25,26)22-12-3-1-2-11(10-12)16-15(23)5-4-14-17(16)13-6-8-27-18(13)19(24)21-14;/h1-6,8,10,22-23H,7,9,20H2,(H,21,24);1H. The molecule has 152 valence electrons. The minimum Gasteiger partial charge on any atom is -0.507 e. The molecule has 0 radical (unpaired) electrons. The maximum atomic E-state index is 12.3. The van der Waals surface area contributed by atoms with E-state index in [2.05, 4.69) is 9.71 Å². The van der Waals surface area contributed by atoms with Crippen molar-refractivity contribution in [2.24, 2.45) is 5.73 Å². The van der Waals surface area contributed by atoms with Gasteiger partial charge in [-0.1, -0.05) is 12.1 Å². The zero-order valence-corrected chi connectivity index (χ0v) is 17.5. The van der Waals surface area contributed by atoms with Crippen LogP contribution in [0.3, 0.4) is 0 Å². The van der Waals surface area contributed by atoms with Gasteiger partial charge in [0.05, 0.1) is 5.75 Å². The summed E-state index contributed by atoms with van der Waals surface area (Å²) in [6.45, 7) is 0.0165. The third kappa shape index (κ3) is 3.95. The molecule has 5 N–H and O–H groups in total. The van der Waals surface area contributed by atoms with Crippen molar-refractivity contribution in [2.75, 3.05) is 17.0 Å². The van der Waals surface area contributed by atoms with Crippen molar-refractivity contribution >= 4 is 60.4 Å². The van der Waals surface area contributed by atoms with Gasteiger partial charge in [-0.05, 0) is 41.3 Å². The van der Waals surface area contributed by atoms with Gasteiger partial charge in [0.2, 0.25) is 10.0 Å². The van der Waals surface area contributed by atoms with Crippen molar-refractivity contribution < 1.29 is 13.5 Å². The van der Waals surface area contributed by atoms with Gasteiger partial charge in [-0.2, -0.15) is 0 Å². The molecule has 4 aromatic rings. The predicted octanol–water partition coefficient (Wildman–Crippen LogP) is 3.24. The molecule has 0 aliphatic heterocycles. The quantitative estimate of drug-likeness (QED) is 0.370. The molecule has 0 spiro atoms. The van der Waals surface area contributed by atoms with E-state index in [0.717, 1.165) is 5.39 Å². The molecule has 0 amide bonds. The Bertz CT molecular complexity index is 1360. The van der Waals surface area contributed by atoms with Crippen LogP contribution in [0.15, 0.2) is 52.6 Å². The van der Waals surface area contributed by atoms with Crippen LogP contribution in [-0.2, 0) is 10.0 Å². The number of H-pyrrole nitrogens is 1. The second-order valence-electron chi connectivity index (χ2n) is 6.29. The molecule has 0 aliphatic rings. The molecule has 4 rings (SSSR count). The van der Waals surface area contributed by atoms with E-state index >= 15 is 0 Å². The molecular weight excluding hydrogens is 434 g/mol. The summed E-state index contributed by atoms with van der Waals surface area (Å²) in [6.07, 6.45) is 0. The first-order valence-corrected chi connectivity index (χ1v) is 11.0. The summed E-state index contributed by atoms with van der Waals surface area (Å²) in [5, 5.41) is 13.9. The average molecular weight is 452 g/mol. The maximum absolute atomic E-state index is 12.3. The van der Waals surface area contributed by atoms with Gasteiger partial charge in [0.15, 0.2) is 0 Å². The normalized spacial score (nSPS) is 11.5. The van der Waals surface area contributed by atoms with Gasteiger partial charge in [0.1, 0.15) is 10.4 Å². The molecule has 0 unspecified atom stereocenters. The van der Waals surface area contributed by atoms with E-state index in [1.54, 1.807) is 30.3 Å². The fourth-order valence-electron chi connectivity index (χ4n) is 3.25. The minimum absolute atomic E-state index is 0. The molecule has 0 atom stereocenters. The Kier molecular flexibility index (Phi) is 5.85. The SMILES string of the molecule is Cl.NCCS(=O)(=O)Nc1cccc(-c2c(O)ccc3[nH]c(=O)c4sccc4c23)c1. The third-order valence-corrected chi connectivity index (χ3v) is 6.62. The van der Waals surface area contributed by atoms with Crippen LogP contribution in [0.25, 0.3) is 32.1 Å². The van der Waals surface area contributed by atoms with E-state index < -0.39 is 10.0 Å². The number of hydrogen-bond donors (Lipinski definition) is 4. The molecular formula is C19H18ClN3O4S2. The van der Waals surface area contributed by atoms with E-state index in [4.69, 9.17) is 5.73 Å². The Balaban J connectivity index is 0.00000240. The summed E-state index contributed by atoms with van der Waals surface area (Å²) < 4.78 is 27.1. The number of halogens is 1. The molecule has 2 aromatic carbocycles. The second kappa shape index (κ2) is 8.03. The lowest BCUT2D eigenvalue weighted by molar-refractivity contribution is 0.478. The number of aromatic nitrogens is 1. The van der Waals surface area contributed by atoms with E-state index in [0.29, 0.717) is 32.4 Å². The zero-order chi connectivity index (χ0) is 19.9. The van der Waals surface area contributed by atoms with Crippen LogP contribution in [0.4, 0.5) is 5.69 Å². The summed E-state index contributed by atoms with van der Waals surface area (Å²) in [7, 11) is -3.55. The number of pyridine rings is 1. The predicted molar refractivity (Wildman–Crippen MR) is 121 cm³/mol. The Morgan fingerprint density at radius 1 is 1.17 bits per heavy atom. The summed E-state index contributed by atoms with van der Waals surface area (Å²) in [6, 6.07) is 11.8. The van der Waals surface area contributed by atoms with E-state index in [-0.39, 0.29) is 36.0 Å². The van der Waals surface area contributed by atoms with Gasteiger partial charge in [-0.25, -0.2) is 8.42 Å². The number of nitrogens with two attached hydrogens (primary N) is 1. The van der Waals surface area contributed by atoms with Crippen LogP contribution < -0.4 is 16.0 Å². The largest absolute Gasteiger partial charge is 0.507 e. The number of nitrogens with one attached hydrogen (secondary N) is 2. The Morgan fingerprint density at radius 3 is 2.72 bits per heavy atom. The lowest BCUT2D eigenvalue weighted by Gasteiger charge is -2.13. The highest BCUT2D eigenvalue weighted by atomic mass is 35.5. The van der Waals surface area contributed by atoms with Crippen LogP contribution in [-0.4, -0.2) is 30.8 Å². The smallest absolute Gasteiger partial charge is 0.266 e. The van der Waals surface area contributed by atoms with Gasteiger partial charge in [0.25, 0.3) is 5.56 Å². The monoisotopic (exact) mass is 451 g/mol. The molecule has 2 heterocycles. The number of sulfonamides is 1. The molecule has 0 saturated carbocycles. The number of aromatic amines is 1. The highest BCUT2D eigenvalue weighted by Crippen LogP contribution is 2.40. The van der Waals surface area contributed by atoms with Gasteiger partial charge in [0, 0.05) is 34.1 Å². The minimum atomic E-state index is -3.55. The number of anilines is 1. The molecule has 0 fully saturated rings. The number of aromatic hydroxyl groups is 1. The van der Waals surface area contributed by atoms with E-state index in [1.807, 2.05) is 11.4 Å². The number of thiophene rings is 1.